The van der Waals surface area contributed by atoms with E-state index in [4.69, 9.17) is 15.2 Å². The molecule has 0 bridgehead atoms. The lowest BCUT2D eigenvalue weighted by Crippen LogP contribution is -2.51. The van der Waals surface area contributed by atoms with Crippen LogP contribution < -0.4 is 15.8 Å². The Labute approximate surface area is 224 Å². The number of hydrogen-bond donors (Lipinski definition) is 2. The standard InChI is InChI=1S/C29H38N4O5/c1-19(34)25(15-20-7-11-31-12-8-20)32-29(36)26-16-22(21-9-13-38-14-10-21)18-33(26)28(35)17-24(30)23-5-3-4-6-27(23)37-2/h3-8,11-12,21-22,24-26H,9-10,13-18,30H2,1-2H3,(H,32,36)/t22?,24-,25?,26-/m0/s1. The van der Waals surface area contributed by atoms with Gasteiger partial charge >= 0.3 is 0 Å². The van der Waals surface area contributed by atoms with Gasteiger partial charge in [0.05, 0.1) is 13.2 Å². The van der Waals surface area contributed by atoms with Gasteiger partial charge in [0.1, 0.15) is 11.8 Å². The van der Waals surface area contributed by atoms with E-state index >= 15 is 0 Å². The first-order valence-corrected chi connectivity index (χ1v) is 13.3. The zero-order chi connectivity index (χ0) is 27.1. The molecule has 2 aromatic rings. The third kappa shape index (κ3) is 6.76. The second kappa shape index (κ2) is 13.0. The number of hydrogen-bond acceptors (Lipinski definition) is 7. The molecule has 2 aliphatic rings. The molecule has 3 heterocycles. The lowest BCUT2D eigenvalue weighted by molar-refractivity contribution is -0.139. The molecule has 0 saturated carbocycles. The van der Waals surface area contributed by atoms with E-state index in [1.54, 1.807) is 24.4 Å². The summed E-state index contributed by atoms with van der Waals surface area (Å²) in [5.41, 5.74) is 8.10. The fourth-order valence-electron chi connectivity index (χ4n) is 5.63. The van der Waals surface area contributed by atoms with Crippen molar-refractivity contribution in [3.05, 3.63) is 59.9 Å². The van der Waals surface area contributed by atoms with Crippen molar-refractivity contribution in [2.24, 2.45) is 17.6 Å². The summed E-state index contributed by atoms with van der Waals surface area (Å²) in [6.45, 7) is 3.36. The van der Waals surface area contributed by atoms with Crippen LogP contribution in [0.25, 0.3) is 0 Å². The summed E-state index contributed by atoms with van der Waals surface area (Å²) in [6.07, 6.45) is 6.14. The van der Waals surface area contributed by atoms with Crippen molar-refractivity contribution >= 4 is 17.6 Å². The molecule has 0 aliphatic carbocycles. The molecule has 9 heteroatoms. The third-order valence-corrected chi connectivity index (χ3v) is 7.82. The number of amides is 2. The van der Waals surface area contributed by atoms with E-state index in [1.807, 2.05) is 36.4 Å². The first kappa shape index (κ1) is 27.7. The van der Waals surface area contributed by atoms with Crippen molar-refractivity contribution in [3.8, 4) is 5.75 Å². The third-order valence-electron chi connectivity index (χ3n) is 7.82. The molecule has 38 heavy (non-hydrogen) atoms. The minimum Gasteiger partial charge on any atom is -0.496 e. The number of carbonyl (C=O) groups excluding carboxylic acids is 3. The van der Waals surface area contributed by atoms with Crippen LogP contribution in [0.3, 0.4) is 0 Å². The zero-order valence-corrected chi connectivity index (χ0v) is 22.2. The Kier molecular flexibility index (Phi) is 9.47. The zero-order valence-electron chi connectivity index (χ0n) is 22.2. The minimum atomic E-state index is -0.681. The summed E-state index contributed by atoms with van der Waals surface area (Å²) in [5, 5.41) is 2.94. The highest BCUT2D eigenvalue weighted by molar-refractivity contribution is 5.92. The summed E-state index contributed by atoms with van der Waals surface area (Å²) in [4.78, 5) is 45.3. The van der Waals surface area contributed by atoms with Gasteiger partial charge in [0.25, 0.3) is 0 Å². The lowest BCUT2D eigenvalue weighted by atomic mass is 9.84. The van der Waals surface area contributed by atoms with E-state index in [9.17, 15) is 14.4 Å². The smallest absolute Gasteiger partial charge is 0.243 e. The van der Waals surface area contributed by atoms with Crippen LogP contribution in [-0.2, 0) is 25.5 Å². The quantitative estimate of drug-likeness (QED) is 0.491. The van der Waals surface area contributed by atoms with E-state index in [1.165, 1.54) is 6.92 Å². The van der Waals surface area contributed by atoms with Gasteiger partial charge in [0.2, 0.25) is 11.8 Å². The van der Waals surface area contributed by atoms with Crippen LogP contribution in [0.1, 0.15) is 49.8 Å². The maximum Gasteiger partial charge on any atom is 0.243 e. The SMILES string of the molecule is COc1ccccc1[C@@H](N)CC(=O)N1CC(C2CCOCC2)C[C@H]1C(=O)NC(Cc1ccncc1)C(C)=O. The van der Waals surface area contributed by atoms with Crippen molar-refractivity contribution in [3.63, 3.8) is 0 Å². The van der Waals surface area contributed by atoms with Crippen molar-refractivity contribution in [2.45, 2.75) is 57.2 Å². The predicted molar refractivity (Wildman–Crippen MR) is 142 cm³/mol. The van der Waals surface area contributed by atoms with Gasteiger partial charge in [-0.2, -0.15) is 0 Å². The number of nitrogens with zero attached hydrogens (tertiary/aromatic N) is 2. The molecule has 4 rings (SSSR count). The van der Waals surface area contributed by atoms with Crippen LogP contribution in [0.15, 0.2) is 48.8 Å². The molecule has 204 valence electrons. The molecule has 0 spiro atoms. The molecule has 0 radical (unpaired) electrons. The maximum absolute atomic E-state index is 13.6. The maximum atomic E-state index is 13.6. The van der Waals surface area contributed by atoms with Crippen LogP contribution in [0.2, 0.25) is 0 Å². The number of carbonyl (C=O) groups is 3. The summed E-state index contributed by atoms with van der Waals surface area (Å²) < 4.78 is 11.0. The molecule has 4 atom stereocenters. The Morgan fingerprint density at radius 1 is 1.13 bits per heavy atom. The number of ether oxygens (including phenoxy) is 2. The van der Waals surface area contributed by atoms with Crippen LogP contribution in [-0.4, -0.2) is 66.4 Å². The number of para-hydroxylation sites is 1. The predicted octanol–water partition coefficient (Wildman–Crippen LogP) is 2.44. The highest BCUT2D eigenvalue weighted by atomic mass is 16.5. The second-order valence-electron chi connectivity index (χ2n) is 10.3. The van der Waals surface area contributed by atoms with Gasteiger partial charge in [0.15, 0.2) is 5.78 Å². The summed E-state index contributed by atoms with van der Waals surface area (Å²) >= 11 is 0. The average Bonchev–Trinajstić information content (AvgIpc) is 3.39. The number of rotatable bonds is 10. The highest BCUT2D eigenvalue weighted by Gasteiger charge is 2.43. The first-order chi connectivity index (χ1) is 18.4. The minimum absolute atomic E-state index is 0.0534. The Balaban J connectivity index is 1.50. The van der Waals surface area contributed by atoms with Gasteiger partial charge < -0.3 is 25.4 Å². The molecule has 2 saturated heterocycles. The number of pyridine rings is 1. The molecular weight excluding hydrogens is 484 g/mol. The number of nitrogens with two attached hydrogens (primary N) is 1. The van der Waals surface area contributed by atoms with E-state index in [2.05, 4.69) is 10.3 Å². The Morgan fingerprint density at radius 3 is 2.53 bits per heavy atom. The molecule has 2 amide bonds. The second-order valence-corrected chi connectivity index (χ2v) is 10.3. The summed E-state index contributed by atoms with van der Waals surface area (Å²) in [6, 6.07) is 9.14. The van der Waals surface area contributed by atoms with Crippen LogP contribution >= 0.6 is 0 Å². The number of aromatic nitrogens is 1. The Bertz CT molecular complexity index is 1110. The van der Waals surface area contributed by atoms with Crippen molar-refractivity contribution in [1.82, 2.24) is 15.2 Å². The normalized spacial score (nSPS) is 21.5. The number of ketones is 1. The average molecular weight is 523 g/mol. The van der Waals surface area contributed by atoms with Crippen molar-refractivity contribution < 1.29 is 23.9 Å². The number of nitrogens with one attached hydrogen (secondary N) is 1. The molecule has 3 N–H and O–H groups in total. The molecule has 1 aromatic heterocycles. The fraction of sp³-hybridized carbons (Fsp3) is 0.517. The van der Waals surface area contributed by atoms with Gasteiger partial charge in [-0.25, -0.2) is 0 Å². The van der Waals surface area contributed by atoms with Gasteiger partial charge in [-0.1, -0.05) is 18.2 Å². The summed E-state index contributed by atoms with van der Waals surface area (Å²) in [5.74, 6) is 0.603. The number of likely N-dealkylation sites (tertiary alicyclic amines) is 1. The van der Waals surface area contributed by atoms with E-state index in [0.29, 0.717) is 44.3 Å². The molecule has 2 aliphatic heterocycles. The topological polar surface area (TPSA) is 124 Å². The van der Waals surface area contributed by atoms with Gasteiger partial charge in [-0.3, -0.25) is 19.4 Å². The van der Waals surface area contributed by atoms with E-state index in [0.717, 1.165) is 24.0 Å². The highest BCUT2D eigenvalue weighted by Crippen LogP contribution is 2.36. The fourth-order valence-corrected chi connectivity index (χ4v) is 5.63. The van der Waals surface area contributed by atoms with Gasteiger partial charge in [-0.15, -0.1) is 0 Å². The van der Waals surface area contributed by atoms with Crippen LogP contribution in [0.4, 0.5) is 0 Å². The van der Waals surface area contributed by atoms with Gasteiger partial charge in [-0.05, 0) is 68.2 Å². The van der Waals surface area contributed by atoms with Crippen LogP contribution in [0, 0.1) is 11.8 Å². The largest absolute Gasteiger partial charge is 0.496 e. The van der Waals surface area contributed by atoms with Crippen molar-refractivity contribution in [1.29, 1.82) is 0 Å². The Hall–Kier alpha value is -3.30. The van der Waals surface area contributed by atoms with E-state index < -0.39 is 18.1 Å². The van der Waals surface area contributed by atoms with Gasteiger partial charge in [0, 0.05) is 50.2 Å². The molecule has 2 unspecified atom stereocenters. The monoisotopic (exact) mass is 522 g/mol. The molecular formula is C29H38N4O5. The number of Topliss-reactive ketones (excluding diaryl/α,β-unsaturated/α-hetero) is 1. The molecule has 9 nitrogen and oxygen atoms in total. The van der Waals surface area contributed by atoms with E-state index in [-0.39, 0.29) is 29.9 Å². The van der Waals surface area contributed by atoms with Crippen LogP contribution in [0.5, 0.6) is 5.75 Å². The summed E-state index contributed by atoms with van der Waals surface area (Å²) in [7, 11) is 1.57. The number of benzene rings is 1. The molecule has 1 aromatic carbocycles. The Morgan fingerprint density at radius 2 is 1.84 bits per heavy atom. The first-order valence-electron chi connectivity index (χ1n) is 13.3. The lowest BCUT2D eigenvalue weighted by Gasteiger charge is -2.28. The number of methoxy groups -OCH3 is 1. The molecule has 2 fully saturated rings. The van der Waals surface area contributed by atoms with Crippen molar-refractivity contribution in [2.75, 3.05) is 26.9 Å².